The maximum atomic E-state index is 11.3. The number of hydrogen-bond acceptors (Lipinski definition) is 7. The van der Waals surface area contributed by atoms with Crippen molar-refractivity contribution in [2.24, 2.45) is 0 Å². The van der Waals surface area contributed by atoms with E-state index in [9.17, 15) is 13.5 Å². The van der Waals surface area contributed by atoms with Crippen molar-refractivity contribution < 1.29 is 21.9 Å². The first kappa shape index (κ1) is 13.8. The van der Waals surface area contributed by atoms with E-state index in [4.69, 9.17) is 14.1 Å². The molecule has 1 unspecified atom stereocenters. The highest BCUT2D eigenvalue weighted by molar-refractivity contribution is 7.82. The maximum absolute atomic E-state index is 11.3. The second-order valence-electron chi connectivity index (χ2n) is 4.22. The monoisotopic (exact) mass is 288 g/mol. The van der Waals surface area contributed by atoms with Crippen LogP contribution in [0, 0.1) is 0 Å². The van der Waals surface area contributed by atoms with Gasteiger partial charge in [0, 0.05) is 12.6 Å². The number of nitrogen functional groups attached to an aromatic ring is 1. The normalized spacial score (nSPS) is 17.2. The highest BCUT2D eigenvalue weighted by atomic mass is 32.3. The van der Waals surface area contributed by atoms with Gasteiger partial charge in [0.05, 0.1) is 12.3 Å². The number of rotatable bonds is 4. The van der Waals surface area contributed by atoms with Crippen LogP contribution in [0.4, 0.5) is 11.4 Å². The number of anilines is 2. The molecule has 1 aliphatic heterocycles. The number of nitrogens with two attached hydrogens (primary N) is 1. The van der Waals surface area contributed by atoms with Gasteiger partial charge in [0.2, 0.25) is 5.75 Å². The quantitative estimate of drug-likeness (QED) is 0.777. The Bertz CT molecular complexity index is 587. The van der Waals surface area contributed by atoms with E-state index in [1.807, 2.05) is 6.92 Å². The molecule has 0 radical (unpaired) electrons. The zero-order valence-corrected chi connectivity index (χ0v) is 11.5. The van der Waals surface area contributed by atoms with E-state index in [0.29, 0.717) is 17.9 Å². The van der Waals surface area contributed by atoms with Crippen LogP contribution >= 0.6 is 0 Å². The van der Waals surface area contributed by atoms with Gasteiger partial charge in [0.15, 0.2) is 5.75 Å². The van der Waals surface area contributed by atoms with Gasteiger partial charge in [-0.1, -0.05) is 0 Å². The summed E-state index contributed by atoms with van der Waals surface area (Å²) in [5.41, 5.74) is 6.68. The molecule has 1 aromatic rings. The highest BCUT2D eigenvalue weighted by Gasteiger charge is 2.34. The molecule has 106 valence electrons. The van der Waals surface area contributed by atoms with Gasteiger partial charge in [0.25, 0.3) is 0 Å². The lowest BCUT2D eigenvalue weighted by atomic mass is 10.1. The van der Waals surface area contributed by atoms with Gasteiger partial charge in [-0.15, -0.1) is 8.42 Å². The minimum atomic E-state index is -4.06. The van der Waals surface area contributed by atoms with Gasteiger partial charge in [-0.2, -0.15) is 0 Å². The molecule has 0 saturated heterocycles. The van der Waals surface area contributed by atoms with Crippen molar-refractivity contribution >= 4 is 21.8 Å². The predicted molar refractivity (Wildman–Crippen MR) is 70.6 cm³/mol. The van der Waals surface area contributed by atoms with Gasteiger partial charge in [-0.25, -0.2) is 0 Å². The van der Waals surface area contributed by atoms with Crippen LogP contribution in [-0.4, -0.2) is 32.7 Å². The molecule has 0 saturated carbocycles. The van der Waals surface area contributed by atoms with Crippen molar-refractivity contribution in [1.29, 1.82) is 0 Å². The Morgan fingerprint density at radius 1 is 1.42 bits per heavy atom. The third-order valence-electron chi connectivity index (χ3n) is 2.93. The van der Waals surface area contributed by atoms with Gasteiger partial charge < -0.3 is 24.1 Å². The smallest absolute Gasteiger partial charge is 0.397 e. The minimum Gasteiger partial charge on any atom is -0.397 e. The number of aliphatic hydroxyl groups excluding tert-OH is 1. The first-order valence-corrected chi connectivity index (χ1v) is 7.16. The van der Waals surface area contributed by atoms with E-state index < -0.39 is 10.4 Å². The van der Waals surface area contributed by atoms with Crippen LogP contribution in [0.2, 0.25) is 0 Å². The fourth-order valence-electron chi connectivity index (χ4n) is 2.03. The predicted octanol–water partition coefficient (Wildman–Crippen LogP) is 0.492. The molecular formula is C11H16N2O5S. The van der Waals surface area contributed by atoms with Crippen molar-refractivity contribution in [3.05, 3.63) is 12.1 Å². The molecule has 1 aromatic carbocycles. The van der Waals surface area contributed by atoms with Crippen LogP contribution in [-0.2, 0) is 10.4 Å². The van der Waals surface area contributed by atoms with Crippen molar-refractivity contribution in [1.82, 2.24) is 0 Å². The molecule has 1 aliphatic rings. The molecule has 8 heteroatoms. The lowest BCUT2D eigenvalue weighted by Crippen LogP contribution is -2.36. The summed E-state index contributed by atoms with van der Waals surface area (Å²) in [4.78, 5) is 1.76. The molecule has 2 rings (SSSR count). The fourth-order valence-corrected chi connectivity index (χ4v) is 2.78. The Hall–Kier alpha value is -1.67. The zero-order valence-electron chi connectivity index (χ0n) is 10.7. The number of likely N-dealkylation sites (N-methyl/N-ethyl adjacent to an activating group) is 1. The van der Waals surface area contributed by atoms with Gasteiger partial charge in [-0.05, 0) is 26.0 Å². The molecule has 0 fully saturated rings. The lowest BCUT2D eigenvalue weighted by Gasteiger charge is -2.30. The average Bonchev–Trinajstić information content (AvgIpc) is 2.67. The maximum Gasteiger partial charge on any atom is 0.501 e. The first-order valence-electron chi connectivity index (χ1n) is 5.83. The molecule has 7 nitrogen and oxygen atoms in total. The van der Waals surface area contributed by atoms with Crippen LogP contribution in [0.5, 0.6) is 11.5 Å². The molecule has 0 amide bonds. The molecule has 0 spiro atoms. The highest BCUT2D eigenvalue weighted by Crippen LogP contribution is 2.47. The number of aliphatic hydroxyl groups is 1. The number of hydrogen-bond donors (Lipinski definition) is 2. The number of nitrogens with zero attached hydrogens (tertiary/aromatic N) is 1. The van der Waals surface area contributed by atoms with E-state index in [0.717, 1.165) is 0 Å². The van der Waals surface area contributed by atoms with Crippen LogP contribution in [0.3, 0.4) is 0 Å². The average molecular weight is 288 g/mol. The van der Waals surface area contributed by atoms with E-state index in [2.05, 4.69) is 0 Å². The van der Waals surface area contributed by atoms with E-state index in [1.165, 1.54) is 6.07 Å². The molecule has 1 heterocycles. The molecule has 0 bridgehead atoms. The second-order valence-corrected chi connectivity index (χ2v) is 5.37. The Labute approximate surface area is 111 Å². The SMILES string of the molecule is CCN(c1c(N)ccc2c1OS(=O)(=O)O2)C(C)CO. The Kier molecular flexibility index (Phi) is 3.46. The molecule has 0 aliphatic carbocycles. The van der Waals surface area contributed by atoms with Crippen LogP contribution in [0.25, 0.3) is 0 Å². The third-order valence-corrected chi connectivity index (χ3v) is 3.68. The van der Waals surface area contributed by atoms with E-state index in [-0.39, 0.29) is 24.1 Å². The van der Waals surface area contributed by atoms with E-state index >= 15 is 0 Å². The van der Waals surface area contributed by atoms with Crippen LogP contribution in [0.1, 0.15) is 13.8 Å². The minimum absolute atomic E-state index is 0.0714. The van der Waals surface area contributed by atoms with Crippen LogP contribution in [0.15, 0.2) is 12.1 Å². The molecule has 0 aromatic heterocycles. The standard InChI is InChI=1S/C11H16N2O5S/c1-3-13(7(2)6-14)10-8(12)4-5-9-11(10)18-19(15,16)17-9/h4-5,7,14H,3,6,12H2,1-2H3. The summed E-state index contributed by atoms with van der Waals surface area (Å²) in [5.74, 6) is 0.176. The van der Waals surface area contributed by atoms with Gasteiger partial charge >= 0.3 is 10.4 Å². The molecule has 3 N–H and O–H groups in total. The summed E-state index contributed by atoms with van der Waals surface area (Å²) in [5, 5.41) is 9.27. The second kappa shape index (κ2) is 4.78. The summed E-state index contributed by atoms with van der Waals surface area (Å²) >= 11 is 0. The Balaban J connectivity index is 2.55. The van der Waals surface area contributed by atoms with Crippen LogP contribution < -0.4 is 19.0 Å². The summed E-state index contributed by atoms with van der Waals surface area (Å²) in [6.07, 6.45) is 0. The van der Waals surface area contributed by atoms with Gasteiger partial charge in [-0.3, -0.25) is 0 Å². The Morgan fingerprint density at radius 3 is 2.68 bits per heavy atom. The van der Waals surface area contributed by atoms with Crippen molar-refractivity contribution in [3.8, 4) is 11.5 Å². The number of fused-ring (bicyclic) bond motifs is 1. The first-order chi connectivity index (χ1) is 8.89. The third kappa shape index (κ3) is 2.41. The summed E-state index contributed by atoms with van der Waals surface area (Å²) in [7, 11) is -4.06. The van der Waals surface area contributed by atoms with E-state index in [1.54, 1.807) is 17.9 Å². The zero-order chi connectivity index (χ0) is 14.2. The molecular weight excluding hydrogens is 272 g/mol. The Morgan fingerprint density at radius 2 is 2.11 bits per heavy atom. The lowest BCUT2D eigenvalue weighted by molar-refractivity contribution is 0.267. The van der Waals surface area contributed by atoms with Crippen molar-refractivity contribution in [3.63, 3.8) is 0 Å². The number of benzene rings is 1. The molecule has 1 atom stereocenters. The topological polar surface area (TPSA) is 102 Å². The largest absolute Gasteiger partial charge is 0.501 e. The summed E-state index contributed by atoms with van der Waals surface area (Å²) in [6, 6.07) is 2.76. The summed E-state index contributed by atoms with van der Waals surface area (Å²) in [6.45, 7) is 4.11. The fraction of sp³-hybridized carbons (Fsp3) is 0.455. The molecule has 19 heavy (non-hydrogen) atoms. The van der Waals surface area contributed by atoms with Crippen molar-refractivity contribution in [2.45, 2.75) is 19.9 Å². The summed E-state index contributed by atoms with van der Waals surface area (Å²) < 4.78 is 32.2. The van der Waals surface area contributed by atoms with Gasteiger partial charge in [0.1, 0.15) is 5.69 Å². The van der Waals surface area contributed by atoms with Crippen molar-refractivity contribution in [2.75, 3.05) is 23.8 Å².